The van der Waals surface area contributed by atoms with Crippen LogP contribution in [0.1, 0.15) is 5.48 Å². The van der Waals surface area contributed by atoms with E-state index in [4.69, 9.17) is 4.42 Å². The molecule has 0 unspecified atom stereocenters. The quantitative estimate of drug-likeness (QED) is 0.185. The molecule has 0 bridgehead atoms. The van der Waals surface area contributed by atoms with Gasteiger partial charge in [-0.15, -0.1) is 11.3 Å². The van der Waals surface area contributed by atoms with Crippen LogP contribution < -0.4 is 4.90 Å². The third-order valence-electron chi connectivity index (χ3n) is 9.33. The van der Waals surface area contributed by atoms with Gasteiger partial charge in [-0.05, 0) is 93.6 Å². The molecule has 2 aromatic heterocycles. The van der Waals surface area contributed by atoms with E-state index in [2.05, 4.69) is 54.6 Å². The molecule has 230 valence electrons. The van der Waals surface area contributed by atoms with E-state index in [1.54, 1.807) is 11.3 Å². The summed E-state index contributed by atoms with van der Waals surface area (Å²) in [4.78, 5) is 1.87. The normalized spacial score (nSPS) is 12.8. The van der Waals surface area contributed by atoms with Gasteiger partial charge >= 0.3 is 0 Å². The van der Waals surface area contributed by atoms with Crippen molar-refractivity contribution in [3.63, 3.8) is 0 Å². The Morgan fingerprint density at radius 1 is 0.449 bits per heavy atom. The molecule has 2 heterocycles. The van der Waals surface area contributed by atoms with Crippen LogP contribution >= 0.6 is 11.3 Å². The highest BCUT2D eigenvalue weighted by atomic mass is 32.1. The number of fused-ring (bicyclic) bond motifs is 7. The maximum atomic E-state index is 9.57. The highest BCUT2D eigenvalue weighted by molar-refractivity contribution is 7.25. The average molecular weight is 648 g/mol. The van der Waals surface area contributed by atoms with Gasteiger partial charge in [0.05, 0.1) is 5.48 Å². The molecule has 49 heavy (non-hydrogen) atoms. The molecule has 0 atom stereocenters. The van der Waals surface area contributed by atoms with E-state index in [0.29, 0.717) is 16.9 Å². The van der Waals surface area contributed by atoms with E-state index in [1.165, 1.54) is 20.2 Å². The predicted octanol–water partition coefficient (Wildman–Crippen LogP) is 13.9. The highest BCUT2D eigenvalue weighted by Gasteiger charge is 2.18. The van der Waals surface area contributed by atoms with E-state index in [-0.39, 0.29) is 35.4 Å². The Kier molecular flexibility index (Phi) is 5.51. The van der Waals surface area contributed by atoms with E-state index in [1.807, 2.05) is 102 Å². The molecule has 10 aromatic rings. The molecule has 0 radical (unpaired) electrons. The number of benzene rings is 8. The molecular weight excluding hydrogens is 615 g/mol. The van der Waals surface area contributed by atoms with Crippen molar-refractivity contribution >= 4 is 81.3 Å². The van der Waals surface area contributed by atoms with Gasteiger partial charge in [0.1, 0.15) is 11.2 Å². The molecule has 0 spiro atoms. The van der Waals surface area contributed by atoms with Crippen LogP contribution in [0.5, 0.6) is 0 Å². The van der Waals surface area contributed by atoms with Gasteiger partial charge in [0, 0.05) is 48.0 Å². The lowest BCUT2D eigenvalue weighted by Crippen LogP contribution is -2.10. The van der Waals surface area contributed by atoms with Gasteiger partial charge < -0.3 is 9.32 Å². The van der Waals surface area contributed by atoms with Gasteiger partial charge in [0.2, 0.25) is 0 Å². The maximum absolute atomic E-state index is 9.57. The summed E-state index contributed by atoms with van der Waals surface area (Å²) >= 11 is 1.77. The van der Waals surface area contributed by atoms with Gasteiger partial charge in [0.25, 0.3) is 0 Å². The first kappa shape index (κ1) is 24.1. The number of furan rings is 1. The summed E-state index contributed by atoms with van der Waals surface area (Å²) in [6.07, 6.45) is 0. The van der Waals surface area contributed by atoms with Crippen LogP contribution in [0.25, 0.3) is 75.1 Å². The molecular formula is C46H29NOS. The van der Waals surface area contributed by atoms with E-state index >= 15 is 0 Å². The van der Waals surface area contributed by atoms with Crippen molar-refractivity contribution in [2.24, 2.45) is 0 Å². The SMILES string of the molecule is [2H]c1c([2H])c(N(c2cccc(-c3cccc4sc5ccccc5c34)c2)c2ccc3oc4ccccc4c3c2)c([2H])c([2H])c1-c1cccc2ccccc12. The van der Waals surface area contributed by atoms with Crippen molar-refractivity contribution in [3.8, 4) is 22.3 Å². The van der Waals surface area contributed by atoms with Crippen molar-refractivity contribution in [1.29, 1.82) is 0 Å². The summed E-state index contributed by atoms with van der Waals surface area (Å²) in [6.45, 7) is 0. The molecule has 8 aromatic carbocycles. The van der Waals surface area contributed by atoms with E-state index < -0.39 is 0 Å². The van der Waals surface area contributed by atoms with Gasteiger partial charge in [-0.2, -0.15) is 0 Å². The lowest BCUT2D eigenvalue weighted by Gasteiger charge is -2.26. The monoisotopic (exact) mass is 647 g/mol. The number of rotatable bonds is 5. The topological polar surface area (TPSA) is 16.4 Å². The molecule has 0 saturated heterocycles. The number of thiophene rings is 1. The van der Waals surface area contributed by atoms with Crippen LogP contribution in [0.2, 0.25) is 0 Å². The summed E-state index contributed by atoms with van der Waals surface area (Å²) in [7, 11) is 0. The third kappa shape index (κ3) is 4.62. The van der Waals surface area contributed by atoms with Crippen LogP contribution in [0.15, 0.2) is 180 Å². The number of anilines is 3. The van der Waals surface area contributed by atoms with Crippen LogP contribution in [0.4, 0.5) is 17.1 Å². The number of para-hydroxylation sites is 1. The molecule has 0 aliphatic carbocycles. The Labute approximate surface area is 293 Å². The Morgan fingerprint density at radius 3 is 2.04 bits per heavy atom. The molecule has 2 nitrogen and oxygen atoms in total. The van der Waals surface area contributed by atoms with Crippen LogP contribution in [-0.4, -0.2) is 0 Å². The smallest absolute Gasteiger partial charge is 0.135 e. The standard InChI is InChI=1S/C46H29NOS/c1-2-14-36-30(10-1)11-8-17-37(36)31-22-24-33(25-23-31)47(35-26-27-43-41(29-35)39-15-3-5-19-42(39)48-43)34-13-7-12-32(28-34)38-18-9-21-45-46(38)40-16-4-6-20-44(40)49-45/h1-29H/i22D,23D,24D,25D. The molecule has 0 aliphatic rings. The van der Waals surface area contributed by atoms with E-state index in [9.17, 15) is 5.48 Å². The fourth-order valence-electron chi connectivity index (χ4n) is 7.08. The average Bonchev–Trinajstić information content (AvgIpc) is 3.77. The minimum absolute atomic E-state index is 0.0946. The second-order valence-electron chi connectivity index (χ2n) is 12.2. The van der Waals surface area contributed by atoms with Gasteiger partial charge in [-0.25, -0.2) is 0 Å². The largest absolute Gasteiger partial charge is 0.456 e. The Hall–Kier alpha value is -6.16. The molecule has 0 saturated carbocycles. The number of hydrogen-bond acceptors (Lipinski definition) is 3. The van der Waals surface area contributed by atoms with Crippen molar-refractivity contribution in [2.75, 3.05) is 4.90 Å². The summed E-state index contributed by atoms with van der Waals surface area (Å²) in [6, 6.07) is 49.9. The molecule has 0 N–H and O–H groups in total. The van der Waals surface area contributed by atoms with Gasteiger partial charge in [-0.3, -0.25) is 0 Å². The molecule has 10 rings (SSSR count). The molecule has 0 fully saturated rings. The van der Waals surface area contributed by atoms with Crippen LogP contribution in [0.3, 0.4) is 0 Å². The zero-order valence-electron chi connectivity index (χ0n) is 30.2. The Morgan fingerprint density at radius 2 is 1.12 bits per heavy atom. The van der Waals surface area contributed by atoms with Crippen molar-refractivity contribution in [2.45, 2.75) is 0 Å². The maximum Gasteiger partial charge on any atom is 0.135 e. The summed E-state index contributed by atoms with van der Waals surface area (Å²) in [5, 5.41) is 6.09. The summed E-state index contributed by atoms with van der Waals surface area (Å²) in [5.74, 6) is 0. The van der Waals surface area contributed by atoms with Crippen LogP contribution in [0, 0.1) is 0 Å². The lowest BCUT2D eigenvalue weighted by atomic mass is 9.97. The second kappa shape index (κ2) is 11.2. The highest BCUT2D eigenvalue weighted by Crippen LogP contribution is 2.43. The first-order valence-electron chi connectivity index (χ1n) is 18.3. The van der Waals surface area contributed by atoms with Crippen molar-refractivity contribution < 1.29 is 9.90 Å². The first-order valence-corrected chi connectivity index (χ1v) is 17.1. The molecule has 0 aliphatic heterocycles. The Bertz CT molecular complexity index is 3060. The third-order valence-corrected chi connectivity index (χ3v) is 10.5. The summed E-state index contributed by atoms with van der Waals surface area (Å²) in [5.41, 5.74) is 6.10. The van der Waals surface area contributed by atoms with Crippen LogP contribution in [-0.2, 0) is 0 Å². The zero-order chi connectivity index (χ0) is 35.8. The molecule has 0 amide bonds. The summed E-state index contributed by atoms with van der Waals surface area (Å²) < 4.78 is 46.6. The number of nitrogens with zero attached hydrogens (tertiary/aromatic N) is 1. The fraction of sp³-hybridized carbons (Fsp3) is 0. The predicted molar refractivity (Wildman–Crippen MR) is 210 cm³/mol. The first-order chi connectivity index (χ1) is 26.0. The fourth-order valence-corrected chi connectivity index (χ4v) is 8.22. The molecule has 3 heteroatoms. The van der Waals surface area contributed by atoms with Crippen molar-refractivity contribution in [3.05, 3.63) is 176 Å². The number of hydrogen-bond donors (Lipinski definition) is 0. The Balaban J connectivity index is 1.23. The van der Waals surface area contributed by atoms with E-state index in [0.717, 1.165) is 43.8 Å². The van der Waals surface area contributed by atoms with Gasteiger partial charge in [-0.1, -0.05) is 115 Å². The zero-order valence-corrected chi connectivity index (χ0v) is 27.0. The lowest BCUT2D eigenvalue weighted by molar-refractivity contribution is 0.669. The van der Waals surface area contributed by atoms with Crippen molar-refractivity contribution in [1.82, 2.24) is 0 Å². The minimum atomic E-state index is -0.123. The minimum Gasteiger partial charge on any atom is -0.456 e. The second-order valence-corrected chi connectivity index (χ2v) is 13.3. The van der Waals surface area contributed by atoms with Gasteiger partial charge in [0.15, 0.2) is 0 Å².